The maximum Gasteiger partial charge on any atom is 0.130 e. The topological polar surface area (TPSA) is 43.8 Å². The molecular formula is C9H10ClN3S. The molecule has 0 saturated heterocycles. The summed E-state index contributed by atoms with van der Waals surface area (Å²) in [5.74, 6) is 0.681. The van der Waals surface area contributed by atoms with Crippen LogP contribution >= 0.6 is 22.9 Å². The highest BCUT2D eigenvalue weighted by molar-refractivity contribution is 7.19. The number of rotatable bonds is 1. The smallest absolute Gasteiger partial charge is 0.130 e. The van der Waals surface area contributed by atoms with Crippen molar-refractivity contribution >= 4 is 28.8 Å². The summed E-state index contributed by atoms with van der Waals surface area (Å²) in [7, 11) is 1.83. The summed E-state index contributed by atoms with van der Waals surface area (Å²) in [6.45, 7) is 1.94. The molecule has 2 heterocycles. The average molecular weight is 228 g/mol. The quantitative estimate of drug-likeness (QED) is 0.814. The minimum atomic E-state index is 0.681. The first-order valence-electron chi connectivity index (χ1n) is 4.14. The number of aromatic nitrogens is 2. The van der Waals surface area contributed by atoms with Gasteiger partial charge in [0.05, 0.1) is 15.6 Å². The van der Waals surface area contributed by atoms with Crippen LogP contribution in [0.5, 0.6) is 0 Å². The molecule has 0 saturated carbocycles. The van der Waals surface area contributed by atoms with Gasteiger partial charge in [-0.2, -0.15) is 5.10 Å². The van der Waals surface area contributed by atoms with Gasteiger partial charge in [-0.3, -0.25) is 4.68 Å². The largest absolute Gasteiger partial charge is 0.383 e. The normalized spacial score (nSPS) is 10.8. The van der Waals surface area contributed by atoms with Gasteiger partial charge in [0, 0.05) is 11.9 Å². The molecule has 0 amide bonds. The molecule has 0 radical (unpaired) electrons. The maximum atomic E-state index is 5.91. The van der Waals surface area contributed by atoms with Crippen LogP contribution in [-0.4, -0.2) is 9.78 Å². The van der Waals surface area contributed by atoms with Crippen molar-refractivity contribution in [3.63, 3.8) is 0 Å². The molecule has 5 heteroatoms. The molecule has 0 aliphatic heterocycles. The Morgan fingerprint density at radius 3 is 2.64 bits per heavy atom. The van der Waals surface area contributed by atoms with Crippen molar-refractivity contribution in [1.82, 2.24) is 9.78 Å². The van der Waals surface area contributed by atoms with Crippen molar-refractivity contribution in [3.05, 3.63) is 22.2 Å². The van der Waals surface area contributed by atoms with Crippen LogP contribution in [0.3, 0.4) is 0 Å². The molecular weight excluding hydrogens is 218 g/mol. The standard InChI is InChI=1S/C9H10ClN3S/c1-5-8(9(11)13(2)12-5)6-3-4-7(10)14-6/h3-4H,11H2,1-2H3. The zero-order chi connectivity index (χ0) is 10.3. The minimum absolute atomic E-state index is 0.681. The van der Waals surface area contributed by atoms with E-state index in [4.69, 9.17) is 17.3 Å². The fourth-order valence-electron chi connectivity index (χ4n) is 1.43. The summed E-state index contributed by atoms with van der Waals surface area (Å²) in [6, 6.07) is 3.83. The first-order chi connectivity index (χ1) is 6.59. The predicted octanol–water partition coefficient (Wildman–Crippen LogP) is 2.69. The van der Waals surface area contributed by atoms with Crippen molar-refractivity contribution < 1.29 is 0 Å². The van der Waals surface area contributed by atoms with E-state index in [1.165, 1.54) is 11.3 Å². The van der Waals surface area contributed by atoms with E-state index in [0.29, 0.717) is 5.82 Å². The van der Waals surface area contributed by atoms with Crippen molar-refractivity contribution in [1.29, 1.82) is 0 Å². The zero-order valence-corrected chi connectivity index (χ0v) is 9.49. The second-order valence-corrected chi connectivity index (χ2v) is 4.79. The van der Waals surface area contributed by atoms with Gasteiger partial charge in [-0.15, -0.1) is 11.3 Å². The lowest BCUT2D eigenvalue weighted by molar-refractivity contribution is 0.767. The molecule has 0 fully saturated rings. The van der Waals surface area contributed by atoms with Gasteiger partial charge in [-0.25, -0.2) is 0 Å². The third-order valence-corrected chi connectivity index (χ3v) is 3.33. The van der Waals surface area contributed by atoms with Gasteiger partial charge < -0.3 is 5.73 Å². The van der Waals surface area contributed by atoms with Crippen LogP contribution in [0.2, 0.25) is 4.34 Å². The second-order valence-electron chi connectivity index (χ2n) is 3.07. The summed E-state index contributed by atoms with van der Waals surface area (Å²) < 4.78 is 2.45. The molecule has 0 aliphatic carbocycles. The molecule has 74 valence electrons. The van der Waals surface area contributed by atoms with E-state index in [9.17, 15) is 0 Å². The third-order valence-electron chi connectivity index (χ3n) is 2.09. The number of nitrogens with two attached hydrogens (primary N) is 1. The van der Waals surface area contributed by atoms with Crippen molar-refractivity contribution in [2.45, 2.75) is 6.92 Å². The Morgan fingerprint density at radius 2 is 2.21 bits per heavy atom. The van der Waals surface area contributed by atoms with E-state index in [1.807, 2.05) is 26.1 Å². The van der Waals surface area contributed by atoms with Crippen LogP contribution in [0.1, 0.15) is 5.69 Å². The molecule has 0 atom stereocenters. The Kier molecular flexibility index (Phi) is 2.25. The summed E-state index contributed by atoms with van der Waals surface area (Å²) in [5, 5.41) is 4.25. The minimum Gasteiger partial charge on any atom is -0.383 e. The molecule has 0 unspecified atom stereocenters. The lowest BCUT2D eigenvalue weighted by atomic mass is 10.2. The van der Waals surface area contributed by atoms with Gasteiger partial charge in [-0.05, 0) is 19.1 Å². The number of nitrogens with zero attached hydrogens (tertiary/aromatic N) is 2. The van der Waals surface area contributed by atoms with Gasteiger partial charge in [0.1, 0.15) is 5.82 Å². The van der Waals surface area contributed by atoms with Crippen molar-refractivity contribution in [3.8, 4) is 10.4 Å². The number of hydrogen-bond donors (Lipinski definition) is 1. The summed E-state index contributed by atoms with van der Waals surface area (Å²) in [4.78, 5) is 1.07. The van der Waals surface area contributed by atoms with Crippen molar-refractivity contribution in [2.75, 3.05) is 5.73 Å². The second kappa shape index (κ2) is 3.29. The van der Waals surface area contributed by atoms with E-state index in [0.717, 1.165) is 20.5 Å². The Labute approximate surface area is 91.1 Å². The van der Waals surface area contributed by atoms with Gasteiger partial charge in [0.15, 0.2) is 0 Å². The number of halogens is 1. The summed E-state index contributed by atoms with van der Waals surface area (Å²) >= 11 is 7.39. The van der Waals surface area contributed by atoms with E-state index in [-0.39, 0.29) is 0 Å². The summed E-state index contributed by atoms with van der Waals surface area (Å²) in [6.07, 6.45) is 0. The van der Waals surface area contributed by atoms with E-state index < -0.39 is 0 Å². The fourth-order valence-corrected chi connectivity index (χ4v) is 2.58. The molecule has 14 heavy (non-hydrogen) atoms. The van der Waals surface area contributed by atoms with Crippen LogP contribution in [0.25, 0.3) is 10.4 Å². The van der Waals surface area contributed by atoms with Gasteiger partial charge in [0.2, 0.25) is 0 Å². The average Bonchev–Trinajstić information content (AvgIpc) is 2.60. The van der Waals surface area contributed by atoms with Gasteiger partial charge in [-0.1, -0.05) is 11.6 Å². The van der Waals surface area contributed by atoms with E-state index in [1.54, 1.807) is 4.68 Å². The number of aryl methyl sites for hydroxylation is 2. The Bertz CT molecular complexity index is 472. The first kappa shape index (κ1) is 9.55. The SMILES string of the molecule is Cc1nn(C)c(N)c1-c1ccc(Cl)s1. The molecule has 0 bridgehead atoms. The molecule has 2 N–H and O–H groups in total. The highest BCUT2D eigenvalue weighted by Crippen LogP contribution is 2.35. The van der Waals surface area contributed by atoms with Crippen LogP contribution in [0, 0.1) is 6.92 Å². The van der Waals surface area contributed by atoms with Crippen LogP contribution in [0.15, 0.2) is 12.1 Å². The van der Waals surface area contributed by atoms with Gasteiger partial charge in [0.25, 0.3) is 0 Å². The number of anilines is 1. The molecule has 0 spiro atoms. The first-order valence-corrected chi connectivity index (χ1v) is 5.34. The lowest BCUT2D eigenvalue weighted by Gasteiger charge is -1.96. The third kappa shape index (κ3) is 1.40. The predicted molar refractivity (Wildman–Crippen MR) is 60.7 cm³/mol. The Hall–Kier alpha value is -1.000. The Balaban J connectivity index is 2.61. The number of nitrogen functional groups attached to an aromatic ring is 1. The fraction of sp³-hybridized carbons (Fsp3) is 0.222. The van der Waals surface area contributed by atoms with Gasteiger partial charge >= 0.3 is 0 Å². The van der Waals surface area contributed by atoms with Crippen molar-refractivity contribution in [2.24, 2.45) is 7.05 Å². The summed E-state index contributed by atoms with van der Waals surface area (Å²) in [5.41, 5.74) is 7.83. The van der Waals surface area contributed by atoms with Crippen LogP contribution < -0.4 is 5.73 Å². The van der Waals surface area contributed by atoms with Crippen LogP contribution in [0.4, 0.5) is 5.82 Å². The highest BCUT2D eigenvalue weighted by atomic mass is 35.5. The number of thiophene rings is 1. The molecule has 3 nitrogen and oxygen atoms in total. The maximum absolute atomic E-state index is 5.91. The molecule has 2 aromatic rings. The Morgan fingerprint density at radius 1 is 1.50 bits per heavy atom. The molecule has 2 rings (SSSR count). The van der Waals surface area contributed by atoms with E-state index in [2.05, 4.69) is 5.10 Å². The molecule has 0 aromatic carbocycles. The highest BCUT2D eigenvalue weighted by Gasteiger charge is 2.13. The monoisotopic (exact) mass is 227 g/mol. The zero-order valence-electron chi connectivity index (χ0n) is 7.91. The molecule has 0 aliphatic rings. The lowest BCUT2D eigenvalue weighted by Crippen LogP contribution is -1.97. The number of hydrogen-bond acceptors (Lipinski definition) is 3. The van der Waals surface area contributed by atoms with E-state index >= 15 is 0 Å². The van der Waals surface area contributed by atoms with Crippen LogP contribution in [-0.2, 0) is 7.05 Å². The molecule has 2 aromatic heterocycles.